The van der Waals surface area contributed by atoms with Gasteiger partial charge in [0, 0.05) is 25.6 Å². The second-order valence-corrected chi connectivity index (χ2v) is 13.0. The number of aliphatic hydroxyl groups excluding tert-OH is 6. The van der Waals surface area contributed by atoms with Gasteiger partial charge in [0.15, 0.2) is 12.4 Å². The smallest absolute Gasteiger partial charge is 0.338 e. The van der Waals surface area contributed by atoms with Crippen LogP contribution in [0.3, 0.4) is 0 Å². The van der Waals surface area contributed by atoms with E-state index in [0.717, 1.165) is 12.0 Å². The van der Waals surface area contributed by atoms with E-state index in [1.165, 1.54) is 6.92 Å². The van der Waals surface area contributed by atoms with E-state index in [0.29, 0.717) is 32.6 Å². The van der Waals surface area contributed by atoms with Gasteiger partial charge in [-0.3, -0.25) is 4.79 Å². The van der Waals surface area contributed by atoms with Gasteiger partial charge < -0.3 is 70.3 Å². The van der Waals surface area contributed by atoms with Gasteiger partial charge in [0.25, 0.3) is 0 Å². The molecule has 5 rings (SSSR count). The molecule has 3 aliphatic rings. The first-order chi connectivity index (χ1) is 24.5. The largest absolute Gasteiger partial charge is 0.462 e. The molecule has 0 aromatic heterocycles. The highest BCUT2D eigenvalue weighted by Crippen LogP contribution is 2.31. The first kappa shape index (κ1) is 39.0. The van der Waals surface area contributed by atoms with Gasteiger partial charge in [0.05, 0.1) is 17.8 Å². The lowest BCUT2D eigenvalue weighted by Gasteiger charge is -2.45. The fourth-order valence-electron chi connectivity index (χ4n) is 6.09. The van der Waals surface area contributed by atoms with Crippen LogP contribution in [0.25, 0.3) is 0 Å². The minimum Gasteiger partial charge on any atom is -0.462 e. The first-order valence-electron chi connectivity index (χ1n) is 17.3. The van der Waals surface area contributed by atoms with Gasteiger partial charge in [-0.15, -0.1) is 0 Å². The van der Waals surface area contributed by atoms with E-state index < -0.39 is 80.1 Å². The van der Waals surface area contributed by atoms with Crippen LogP contribution < -0.4 is 20.7 Å². The molecular weight excluding hydrogens is 670 g/mol. The number of amides is 1. The van der Waals surface area contributed by atoms with E-state index in [4.69, 9.17) is 23.7 Å². The molecule has 282 valence electrons. The fraction of sp³-hybridized carbons (Fsp3) is 0.600. The Hall–Kier alpha value is -3.26. The monoisotopic (exact) mass is 719 g/mol. The lowest BCUT2D eigenvalue weighted by molar-refractivity contribution is -0.355. The van der Waals surface area contributed by atoms with Crippen molar-refractivity contribution in [2.45, 2.75) is 99.7 Å². The van der Waals surface area contributed by atoms with Crippen molar-refractivity contribution in [1.29, 1.82) is 0 Å². The quantitative estimate of drug-likeness (QED) is 0.141. The van der Waals surface area contributed by atoms with Crippen molar-refractivity contribution in [2.24, 2.45) is 0 Å². The van der Waals surface area contributed by atoms with Crippen molar-refractivity contribution in [2.75, 3.05) is 32.8 Å². The summed E-state index contributed by atoms with van der Waals surface area (Å²) < 4.78 is 28.8. The zero-order valence-corrected chi connectivity index (χ0v) is 28.3. The fourth-order valence-corrected chi connectivity index (χ4v) is 6.09. The van der Waals surface area contributed by atoms with Crippen molar-refractivity contribution in [3.8, 4) is 5.75 Å². The number of aliphatic hydroxyl groups is 6. The highest BCUT2D eigenvalue weighted by Gasteiger charge is 2.51. The first-order valence-corrected chi connectivity index (χ1v) is 17.3. The Labute approximate surface area is 295 Å². The van der Waals surface area contributed by atoms with Crippen molar-refractivity contribution in [1.82, 2.24) is 16.0 Å². The molecule has 51 heavy (non-hydrogen) atoms. The van der Waals surface area contributed by atoms with Crippen molar-refractivity contribution in [3.63, 3.8) is 0 Å². The summed E-state index contributed by atoms with van der Waals surface area (Å²) in [7, 11) is 0. The van der Waals surface area contributed by atoms with Gasteiger partial charge >= 0.3 is 5.97 Å². The third kappa shape index (κ3) is 10.4. The van der Waals surface area contributed by atoms with E-state index >= 15 is 0 Å². The number of rotatable bonds is 8. The molecule has 3 aliphatic heterocycles. The number of carbonyl (C=O) groups excluding carboxylic acids is 2. The minimum absolute atomic E-state index is 0.119. The van der Waals surface area contributed by atoms with Gasteiger partial charge in [-0.25, -0.2) is 4.79 Å². The summed E-state index contributed by atoms with van der Waals surface area (Å²) in [6.07, 6.45) is -14.1. The molecule has 16 nitrogen and oxygen atoms in total. The Morgan fingerprint density at radius 2 is 1.59 bits per heavy atom. The molecule has 12 atom stereocenters. The summed E-state index contributed by atoms with van der Waals surface area (Å²) in [6.45, 7) is 3.17. The maximum atomic E-state index is 12.7. The summed E-state index contributed by atoms with van der Waals surface area (Å²) in [4.78, 5) is 25.1. The third-order valence-electron chi connectivity index (χ3n) is 9.16. The average Bonchev–Trinajstić information content (AvgIpc) is 3.14. The number of carbonyl (C=O) groups is 2. The highest BCUT2D eigenvalue weighted by molar-refractivity contribution is 5.89. The zero-order chi connectivity index (χ0) is 36.5. The summed E-state index contributed by atoms with van der Waals surface area (Å²) in [5.41, 5.74) is 1.04. The number of β-amino-alcohol motifs (C(OH)–C–C–N with tert-alkyl or cyclic N) is 1. The van der Waals surface area contributed by atoms with E-state index in [1.807, 2.05) is 0 Å². The summed E-state index contributed by atoms with van der Waals surface area (Å²) in [5.74, 6) is -0.532. The minimum atomic E-state index is -1.80. The molecule has 16 heteroatoms. The number of benzene rings is 2. The van der Waals surface area contributed by atoms with Crippen LogP contribution in [-0.4, -0.2) is 143 Å². The Morgan fingerprint density at radius 1 is 0.843 bits per heavy atom. The topological polar surface area (TPSA) is 238 Å². The van der Waals surface area contributed by atoms with E-state index in [9.17, 15) is 40.2 Å². The normalized spacial score (nSPS) is 35.7. The Kier molecular flexibility index (Phi) is 14.1. The van der Waals surface area contributed by atoms with E-state index in [-0.39, 0.29) is 29.7 Å². The molecular formula is C35H49N3O13. The summed E-state index contributed by atoms with van der Waals surface area (Å²) >= 11 is 0. The highest BCUT2D eigenvalue weighted by atomic mass is 16.8. The molecule has 0 bridgehead atoms. The van der Waals surface area contributed by atoms with Crippen LogP contribution >= 0.6 is 0 Å². The maximum absolute atomic E-state index is 12.7. The lowest BCUT2D eigenvalue weighted by atomic mass is 9.97. The van der Waals surface area contributed by atoms with Crippen LogP contribution in [0.1, 0.15) is 48.1 Å². The molecule has 0 aliphatic carbocycles. The molecule has 3 fully saturated rings. The molecule has 1 amide bonds. The van der Waals surface area contributed by atoms with Gasteiger partial charge in [0.1, 0.15) is 49.0 Å². The Balaban J connectivity index is 1.26. The van der Waals surface area contributed by atoms with E-state index in [2.05, 4.69) is 16.0 Å². The lowest BCUT2D eigenvalue weighted by Crippen LogP contribution is -2.64. The molecule has 9 N–H and O–H groups in total. The van der Waals surface area contributed by atoms with Crippen LogP contribution in [0.5, 0.6) is 5.75 Å². The molecule has 3 heterocycles. The second-order valence-electron chi connectivity index (χ2n) is 13.0. The Bertz CT molecular complexity index is 1390. The van der Waals surface area contributed by atoms with Gasteiger partial charge in [0.2, 0.25) is 12.2 Å². The number of nitrogens with one attached hydrogen (secondary N) is 3. The van der Waals surface area contributed by atoms with Gasteiger partial charge in [-0.1, -0.05) is 30.3 Å². The summed E-state index contributed by atoms with van der Waals surface area (Å²) in [6, 6.07) is 14.6. The molecule has 0 radical (unpaired) electrons. The van der Waals surface area contributed by atoms with Crippen LogP contribution in [0.2, 0.25) is 0 Å². The molecule has 2 aromatic rings. The maximum Gasteiger partial charge on any atom is 0.338 e. The average molecular weight is 720 g/mol. The van der Waals surface area contributed by atoms with Crippen LogP contribution in [0.15, 0.2) is 54.6 Å². The number of ether oxygens (including phenoxy) is 5. The van der Waals surface area contributed by atoms with Gasteiger partial charge in [-0.05, 0) is 62.7 Å². The molecule has 2 aromatic carbocycles. The standard InChI is InChI=1S/C35H49N3O13/c1-19-27(41)30(44)32(51-34-31(45)29(43)28(42)25(50-34)18-47-33(46)21-6-3-2-4-7-21)35(48-19)49-23-10-8-20(9-11-23)24-16-26(40)38-14-5-13-36-17-22(39)12-15-37-24/h2-4,6-11,19,22,24-25,27-32,34-37,39,41-45H,5,12-18H2,1H3,(H,38,40)/t19-,22+,24-,25+,27-,28+,29-,30+,31+,32+,34-,35-/m0/s1. The van der Waals surface area contributed by atoms with Crippen molar-refractivity contribution < 1.29 is 63.9 Å². The predicted octanol–water partition coefficient (Wildman–Crippen LogP) is -1.54. The molecule has 0 unspecified atom stereocenters. The Morgan fingerprint density at radius 3 is 2.33 bits per heavy atom. The molecule has 3 saturated heterocycles. The van der Waals surface area contributed by atoms with E-state index in [1.54, 1.807) is 54.6 Å². The number of hydrogen-bond donors (Lipinski definition) is 9. The van der Waals surface area contributed by atoms with Crippen LogP contribution in [-0.2, 0) is 23.7 Å². The van der Waals surface area contributed by atoms with Gasteiger partial charge in [-0.2, -0.15) is 0 Å². The number of esters is 1. The van der Waals surface area contributed by atoms with Crippen molar-refractivity contribution >= 4 is 11.9 Å². The molecule has 0 spiro atoms. The van der Waals surface area contributed by atoms with Crippen LogP contribution in [0.4, 0.5) is 0 Å². The second kappa shape index (κ2) is 18.5. The van der Waals surface area contributed by atoms with Crippen LogP contribution in [0, 0.1) is 0 Å². The molecule has 0 saturated carbocycles. The zero-order valence-electron chi connectivity index (χ0n) is 28.3. The number of hydrogen-bond acceptors (Lipinski definition) is 15. The third-order valence-corrected chi connectivity index (χ3v) is 9.16. The predicted molar refractivity (Wildman–Crippen MR) is 178 cm³/mol. The van der Waals surface area contributed by atoms with Crippen molar-refractivity contribution in [3.05, 3.63) is 65.7 Å². The SMILES string of the molecule is C[C@@H]1O[C@@H](Oc2ccc([C@@H]3CC(=O)NCCCNC[C@H](O)CCN3)cc2)[C@H](O[C@@H]2O[C@H](COC(=O)c3ccccc3)[C@@H](O)[C@H](O)[C@H]2O)[C@H](O)[C@H]1O. The summed E-state index contributed by atoms with van der Waals surface area (Å²) in [5, 5.41) is 73.3.